The van der Waals surface area contributed by atoms with Crippen LogP contribution in [0, 0.1) is 5.82 Å². The third-order valence-corrected chi connectivity index (χ3v) is 6.69. The van der Waals surface area contributed by atoms with Crippen molar-refractivity contribution in [2.24, 2.45) is 7.05 Å². The van der Waals surface area contributed by atoms with E-state index in [1.54, 1.807) is 38.8 Å². The van der Waals surface area contributed by atoms with E-state index in [2.05, 4.69) is 20.2 Å². The summed E-state index contributed by atoms with van der Waals surface area (Å²) in [7, 11) is 1.83. The van der Waals surface area contributed by atoms with Crippen molar-refractivity contribution in [3.05, 3.63) is 83.8 Å². The van der Waals surface area contributed by atoms with Gasteiger partial charge >= 0.3 is 0 Å². The lowest BCUT2D eigenvalue weighted by Gasteiger charge is -2.34. The van der Waals surface area contributed by atoms with Crippen LogP contribution < -0.4 is 5.73 Å². The van der Waals surface area contributed by atoms with Crippen LogP contribution in [0.1, 0.15) is 34.6 Å². The van der Waals surface area contributed by atoms with Crippen molar-refractivity contribution >= 4 is 17.5 Å². The highest BCUT2D eigenvalue weighted by atomic mass is 19.1. The van der Waals surface area contributed by atoms with Crippen LogP contribution in [-0.2, 0) is 13.5 Å². The molecule has 0 bridgehead atoms. The Morgan fingerprint density at radius 1 is 1.06 bits per heavy atom. The minimum atomic E-state index is -0.351. The molecule has 1 aromatic carbocycles. The monoisotopic (exact) mass is 482 g/mol. The highest BCUT2D eigenvalue weighted by molar-refractivity contribution is 5.98. The first-order valence-electron chi connectivity index (χ1n) is 11.6. The molecule has 1 atom stereocenters. The molecule has 5 heterocycles. The summed E-state index contributed by atoms with van der Waals surface area (Å²) in [6.07, 6.45) is 7.78. The maximum absolute atomic E-state index is 14.3. The number of nitrogens with zero attached hydrogens (tertiary/aromatic N) is 7. The summed E-state index contributed by atoms with van der Waals surface area (Å²) in [6.45, 7) is 2.42. The van der Waals surface area contributed by atoms with Gasteiger partial charge in [0, 0.05) is 49.7 Å². The van der Waals surface area contributed by atoms with Gasteiger partial charge in [0.05, 0.1) is 23.5 Å². The molecule has 5 aromatic rings. The number of nitrogens with two attached hydrogens (primary N) is 1. The van der Waals surface area contributed by atoms with Gasteiger partial charge in [-0.05, 0) is 53.9 Å². The number of fused-ring (bicyclic) bond motifs is 2. The fourth-order valence-electron chi connectivity index (χ4n) is 4.84. The van der Waals surface area contributed by atoms with Crippen LogP contribution in [0.15, 0.2) is 61.2 Å². The van der Waals surface area contributed by atoms with E-state index in [0.29, 0.717) is 24.2 Å². The number of benzene rings is 1. The fraction of sp³-hybridized carbons (Fsp3) is 0.192. The number of nitrogen functional groups attached to an aromatic ring is 1. The van der Waals surface area contributed by atoms with Gasteiger partial charge in [-0.3, -0.25) is 14.5 Å². The SMILES string of the molecule is C[C@@H](c1cc(F)ccc1-c1cnn(C)c1)N1CCc2ncc(-c3ccn4nc(N)nc4c3)cc2C1=O. The number of anilines is 1. The maximum Gasteiger partial charge on any atom is 0.256 e. The molecular formula is C26H23FN8O. The molecule has 0 spiro atoms. The molecule has 2 N–H and O–H groups in total. The molecule has 9 nitrogen and oxygen atoms in total. The zero-order chi connectivity index (χ0) is 25.0. The Labute approximate surface area is 206 Å². The normalized spacial score (nSPS) is 14.3. The number of hydrogen-bond donors (Lipinski definition) is 1. The number of aromatic nitrogens is 6. The van der Waals surface area contributed by atoms with Crippen molar-refractivity contribution in [3.8, 4) is 22.3 Å². The Morgan fingerprint density at radius 2 is 1.92 bits per heavy atom. The molecule has 1 aliphatic rings. The predicted octanol–water partition coefficient (Wildman–Crippen LogP) is 3.67. The van der Waals surface area contributed by atoms with Gasteiger partial charge in [0.1, 0.15) is 5.82 Å². The number of carbonyl (C=O) groups is 1. The zero-order valence-electron chi connectivity index (χ0n) is 19.8. The summed E-state index contributed by atoms with van der Waals surface area (Å²) in [4.78, 5) is 24.3. The Kier molecular flexibility index (Phi) is 5.03. The molecule has 10 heteroatoms. The van der Waals surface area contributed by atoms with Gasteiger partial charge in [0.2, 0.25) is 5.95 Å². The third kappa shape index (κ3) is 3.67. The lowest BCUT2D eigenvalue weighted by Crippen LogP contribution is -2.40. The molecule has 4 aromatic heterocycles. The third-order valence-electron chi connectivity index (χ3n) is 6.69. The Bertz CT molecular complexity index is 1640. The van der Waals surface area contributed by atoms with Crippen molar-refractivity contribution < 1.29 is 9.18 Å². The van der Waals surface area contributed by atoms with Crippen LogP contribution in [0.2, 0.25) is 0 Å². The number of carbonyl (C=O) groups excluding carboxylic acids is 1. The molecule has 1 amide bonds. The van der Waals surface area contributed by atoms with Crippen molar-refractivity contribution in [1.29, 1.82) is 0 Å². The summed E-state index contributed by atoms with van der Waals surface area (Å²) in [5.41, 5.74) is 11.7. The van der Waals surface area contributed by atoms with E-state index in [4.69, 9.17) is 5.73 Å². The molecule has 0 unspecified atom stereocenters. The average Bonchev–Trinajstić information content (AvgIpc) is 3.47. The molecule has 0 radical (unpaired) electrons. The molecule has 0 saturated carbocycles. The van der Waals surface area contributed by atoms with E-state index < -0.39 is 0 Å². The van der Waals surface area contributed by atoms with Crippen molar-refractivity contribution in [3.63, 3.8) is 0 Å². The van der Waals surface area contributed by atoms with Crippen molar-refractivity contribution in [1.82, 2.24) is 34.3 Å². The maximum atomic E-state index is 14.3. The van der Waals surface area contributed by atoms with E-state index in [0.717, 1.165) is 33.5 Å². The minimum Gasteiger partial charge on any atom is -0.366 e. The second kappa shape index (κ2) is 8.26. The largest absolute Gasteiger partial charge is 0.366 e. The van der Waals surface area contributed by atoms with Gasteiger partial charge in [0.25, 0.3) is 5.91 Å². The van der Waals surface area contributed by atoms with Gasteiger partial charge in [-0.25, -0.2) is 8.91 Å². The smallest absolute Gasteiger partial charge is 0.256 e. The highest BCUT2D eigenvalue weighted by Crippen LogP contribution is 2.35. The van der Waals surface area contributed by atoms with Crippen LogP contribution in [0.4, 0.5) is 10.3 Å². The number of rotatable bonds is 4. The molecule has 0 fully saturated rings. The molecule has 0 aliphatic carbocycles. The standard InChI is InChI=1S/C26H23FN8O/c1-15(21-11-19(27)3-4-20(21)18-13-30-33(2)14-18)34-7-6-23-22(25(34)36)9-17(12-29-23)16-5-8-35-24(10-16)31-26(28)32-35/h3-5,8-15H,6-7H2,1-2H3,(H2,28,32)/t15-/m0/s1. The molecule has 0 saturated heterocycles. The highest BCUT2D eigenvalue weighted by Gasteiger charge is 2.31. The van der Waals surface area contributed by atoms with E-state index in [1.165, 1.54) is 12.1 Å². The topological polar surface area (TPSA) is 107 Å². The Hall–Kier alpha value is -4.60. The second-order valence-electron chi connectivity index (χ2n) is 8.97. The molecule has 180 valence electrons. The predicted molar refractivity (Wildman–Crippen MR) is 132 cm³/mol. The van der Waals surface area contributed by atoms with E-state index >= 15 is 0 Å². The fourth-order valence-corrected chi connectivity index (χ4v) is 4.84. The number of halogens is 1. The van der Waals surface area contributed by atoms with Crippen LogP contribution in [-0.4, -0.2) is 46.7 Å². The molecule has 1 aliphatic heterocycles. The van der Waals surface area contributed by atoms with Crippen LogP contribution >= 0.6 is 0 Å². The summed E-state index contributed by atoms with van der Waals surface area (Å²) in [6, 6.07) is 9.93. The van der Waals surface area contributed by atoms with Gasteiger partial charge in [-0.15, -0.1) is 5.10 Å². The first kappa shape index (κ1) is 21.9. The first-order valence-corrected chi connectivity index (χ1v) is 11.6. The Balaban J connectivity index is 1.36. The van der Waals surface area contributed by atoms with E-state index in [9.17, 15) is 9.18 Å². The average molecular weight is 483 g/mol. The number of hydrogen-bond acceptors (Lipinski definition) is 6. The van der Waals surface area contributed by atoms with Crippen LogP contribution in [0.25, 0.3) is 27.9 Å². The van der Waals surface area contributed by atoms with Gasteiger partial charge < -0.3 is 10.6 Å². The molecular weight excluding hydrogens is 459 g/mol. The zero-order valence-corrected chi connectivity index (χ0v) is 19.8. The van der Waals surface area contributed by atoms with E-state index in [-0.39, 0.29) is 23.7 Å². The summed E-state index contributed by atoms with van der Waals surface area (Å²) < 4.78 is 17.6. The first-order chi connectivity index (χ1) is 17.4. The van der Waals surface area contributed by atoms with E-state index in [1.807, 2.05) is 38.4 Å². The quantitative estimate of drug-likeness (QED) is 0.419. The summed E-state index contributed by atoms with van der Waals surface area (Å²) >= 11 is 0. The molecule has 36 heavy (non-hydrogen) atoms. The summed E-state index contributed by atoms with van der Waals surface area (Å²) in [5, 5.41) is 8.35. The van der Waals surface area contributed by atoms with Gasteiger partial charge in [0.15, 0.2) is 5.65 Å². The number of amides is 1. The van der Waals surface area contributed by atoms with Crippen LogP contribution in [0.5, 0.6) is 0 Å². The lowest BCUT2D eigenvalue weighted by molar-refractivity contribution is 0.0671. The number of aryl methyl sites for hydroxylation is 1. The van der Waals surface area contributed by atoms with Crippen LogP contribution in [0.3, 0.4) is 0 Å². The van der Waals surface area contributed by atoms with Gasteiger partial charge in [-0.2, -0.15) is 10.1 Å². The minimum absolute atomic E-state index is 0.132. The molecule has 6 rings (SSSR count). The van der Waals surface area contributed by atoms with Crippen molar-refractivity contribution in [2.75, 3.05) is 12.3 Å². The van der Waals surface area contributed by atoms with Gasteiger partial charge in [-0.1, -0.05) is 6.07 Å². The van der Waals surface area contributed by atoms with Crippen molar-refractivity contribution in [2.45, 2.75) is 19.4 Å². The number of pyridine rings is 2. The lowest BCUT2D eigenvalue weighted by atomic mass is 9.93. The summed E-state index contributed by atoms with van der Waals surface area (Å²) in [5.74, 6) is -0.284. The Morgan fingerprint density at radius 3 is 2.72 bits per heavy atom. The second-order valence-corrected chi connectivity index (χ2v) is 8.97.